The van der Waals surface area contributed by atoms with Crippen molar-refractivity contribution >= 4 is 5.91 Å². The molecule has 4 heteroatoms. The number of rotatable bonds is 0. The van der Waals surface area contributed by atoms with Crippen LogP contribution in [0.1, 0.15) is 6.92 Å². The lowest BCUT2D eigenvalue weighted by Gasteiger charge is -1.80. The molecular weight excluding hydrogens is 159 g/mol. The predicted octanol–water partition coefficient (Wildman–Crippen LogP) is 0.822. The van der Waals surface area contributed by atoms with Gasteiger partial charge in [0.1, 0.15) is 5.82 Å². The zero-order chi connectivity index (χ0) is 9.40. The molecule has 1 amide bonds. The third-order valence-corrected chi connectivity index (χ3v) is 0.936. The molecule has 0 saturated carbocycles. The van der Waals surface area contributed by atoms with Crippen molar-refractivity contribution < 1.29 is 9.18 Å². The van der Waals surface area contributed by atoms with E-state index in [0.717, 1.165) is 0 Å². The molecule has 1 aromatic carbocycles. The SMILES string of the molecule is CC(=O)NN.Fc1ccccc1. The molecule has 0 atom stereocenters. The third kappa shape index (κ3) is 6.70. The van der Waals surface area contributed by atoms with Crippen LogP contribution in [0.15, 0.2) is 30.3 Å². The van der Waals surface area contributed by atoms with E-state index < -0.39 is 0 Å². The Labute approximate surface area is 70.4 Å². The maximum atomic E-state index is 11.9. The van der Waals surface area contributed by atoms with Crippen LogP contribution in [0.2, 0.25) is 0 Å². The van der Waals surface area contributed by atoms with E-state index in [2.05, 4.69) is 5.84 Å². The van der Waals surface area contributed by atoms with Crippen molar-refractivity contribution in [3.8, 4) is 0 Å². The van der Waals surface area contributed by atoms with E-state index in [-0.39, 0.29) is 11.7 Å². The summed E-state index contributed by atoms with van der Waals surface area (Å²) in [6, 6.07) is 7.94. The minimum Gasteiger partial charge on any atom is -0.295 e. The van der Waals surface area contributed by atoms with Crippen molar-refractivity contribution in [3.63, 3.8) is 0 Å². The van der Waals surface area contributed by atoms with Crippen molar-refractivity contribution in [1.29, 1.82) is 0 Å². The van der Waals surface area contributed by atoms with Gasteiger partial charge in [0.2, 0.25) is 5.91 Å². The van der Waals surface area contributed by atoms with Crippen molar-refractivity contribution in [2.75, 3.05) is 0 Å². The first kappa shape index (κ1) is 10.6. The average molecular weight is 170 g/mol. The number of hydrogen-bond donors (Lipinski definition) is 2. The molecule has 12 heavy (non-hydrogen) atoms. The Morgan fingerprint density at radius 1 is 1.42 bits per heavy atom. The predicted molar refractivity (Wildman–Crippen MR) is 44.4 cm³/mol. The topological polar surface area (TPSA) is 55.1 Å². The zero-order valence-corrected chi connectivity index (χ0v) is 6.75. The van der Waals surface area contributed by atoms with Crippen LogP contribution in [0.5, 0.6) is 0 Å². The molecule has 0 aliphatic heterocycles. The highest BCUT2D eigenvalue weighted by Crippen LogP contribution is 1.91. The molecular formula is C8H11FN2O. The van der Waals surface area contributed by atoms with Gasteiger partial charge in [0, 0.05) is 6.92 Å². The summed E-state index contributed by atoms with van der Waals surface area (Å²) < 4.78 is 11.9. The Bertz CT molecular complexity index is 226. The number of carbonyl (C=O) groups excluding carboxylic acids is 1. The first-order valence-electron chi connectivity index (χ1n) is 3.34. The number of halogens is 1. The Hall–Kier alpha value is -1.42. The molecule has 0 spiro atoms. The van der Waals surface area contributed by atoms with E-state index in [1.54, 1.807) is 18.2 Å². The minimum absolute atomic E-state index is 0.178. The second-order valence-corrected chi connectivity index (χ2v) is 2.00. The van der Waals surface area contributed by atoms with Crippen molar-refractivity contribution in [3.05, 3.63) is 36.1 Å². The summed E-state index contributed by atoms with van der Waals surface area (Å²) in [7, 11) is 0. The number of benzene rings is 1. The molecule has 3 nitrogen and oxygen atoms in total. The molecule has 0 bridgehead atoms. The Kier molecular flexibility index (Phi) is 5.55. The lowest BCUT2D eigenvalue weighted by Crippen LogP contribution is -2.26. The molecule has 0 aliphatic carbocycles. The molecule has 0 unspecified atom stereocenters. The fourth-order valence-electron chi connectivity index (χ4n) is 0.415. The van der Waals surface area contributed by atoms with E-state index in [0.29, 0.717) is 0 Å². The maximum absolute atomic E-state index is 11.9. The largest absolute Gasteiger partial charge is 0.295 e. The maximum Gasteiger partial charge on any atom is 0.230 e. The first-order chi connectivity index (χ1) is 5.66. The number of carbonyl (C=O) groups is 1. The van der Waals surface area contributed by atoms with Crippen LogP contribution in [0, 0.1) is 5.82 Å². The average Bonchev–Trinajstić information content (AvgIpc) is 2.07. The van der Waals surface area contributed by atoms with Gasteiger partial charge >= 0.3 is 0 Å². The molecule has 66 valence electrons. The van der Waals surface area contributed by atoms with Gasteiger partial charge in [0.15, 0.2) is 0 Å². The molecule has 0 aliphatic rings. The number of nitrogens with two attached hydrogens (primary N) is 1. The molecule has 0 heterocycles. The van der Waals surface area contributed by atoms with Crippen molar-refractivity contribution in [2.24, 2.45) is 5.84 Å². The van der Waals surface area contributed by atoms with Crippen LogP contribution in [0.4, 0.5) is 4.39 Å². The van der Waals surface area contributed by atoms with E-state index in [1.807, 2.05) is 5.43 Å². The number of nitrogens with one attached hydrogen (secondary N) is 1. The Balaban J connectivity index is 0.000000217. The van der Waals surface area contributed by atoms with Gasteiger partial charge in [0.05, 0.1) is 0 Å². The monoisotopic (exact) mass is 170 g/mol. The van der Waals surface area contributed by atoms with Crippen LogP contribution in [0.3, 0.4) is 0 Å². The van der Waals surface area contributed by atoms with Crippen LogP contribution in [-0.4, -0.2) is 5.91 Å². The summed E-state index contributed by atoms with van der Waals surface area (Å²) in [5.41, 5.74) is 1.89. The fourth-order valence-corrected chi connectivity index (χ4v) is 0.415. The van der Waals surface area contributed by atoms with Crippen LogP contribution in [-0.2, 0) is 4.79 Å². The van der Waals surface area contributed by atoms with Gasteiger partial charge in [-0.05, 0) is 12.1 Å². The summed E-state index contributed by atoms with van der Waals surface area (Å²) in [6.45, 7) is 1.35. The Morgan fingerprint density at radius 3 is 2.00 bits per heavy atom. The summed E-state index contributed by atoms with van der Waals surface area (Å²) >= 11 is 0. The summed E-state index contributed by atoms with van der Waals surface area (Å²) in [6.07, 6.45) is 0. The standard InChI is InChI=1S/C6H5F.C2H6N2O/c7-6-4-2-1-3-5-6;1-2(5)4-3/h1-5H;3H2,1H3,(H,4,5). The first-order valence-corrected chi connectivity index (χ1v) is 3.34. The highest BCUT2D eigenvalue weighted by atomic mass is 19.1. The highest BCUT2D eigenvalue weighted by Gasteiger charge is 1.77. The van der Waals surface area contributed by atoms with Gasteiger partial charge in [-0.25, -0.2) is 10.2 Å². The van der Waals surface area contributed by atoms with Crippen molar-refractivity contribution in [2.45, 2.75) is 6.92 Å². The van der Waals surface area contributed by atoms with Gasteiger partial charge in [-0.3, -0.25) is 10.2 Å². The van der Waals surface area contributed by atoms with E-state index in [1.165, 1.54) is 19.1 Å². The quantitative estimate of drug-likeness (QED) is 0.344. The second-order valence-electron chi connectivity index (χ2n) is 2.00. The third-order valence-electron chi connectivity index (χ3n) is 0.936. The van der Waals surface area contributed by atoms with Crippen LogP contribution < -0.4 is 11.3 Å². The molecule has 1 rings (SSSR count). The van der Waals surface area contributed by atoms with Crippen LogP contribution >= 0.6 is 0 Å². The van der Waals surface area contributed by atoms with Gasteiger partial charge in [-0.1, -0.05) is 18.2 Å². The summed E-state index contributed by atoms with van der Waals surface area (Å²) in [4.78, 5) is 9.58. The number of amides is 1. The Morgan fingerprint density at radius 2 is 1.83 bits per heavy atom. The lowest BCUT2D eigenvalue weighted by atomic mass is 10.4. The number of hydrogen-bond acceptors (Lipinski definition) is 2. The normalized spacial score (nSPS) is 7.92. The number of hydrazine groups is 1. The lowest BCUT2D eigenvalue weighted by molar-refractivity contribution is -0.119. The molecule has 0 radical (unpaired) electrons. The zero-order valence-electron chi connectivity index (χ0n) is 6.75. The van der Waals surface area contributed by atoms with E-state index in [9.17, 15) is 9.18 Å². The van der Waals surface area contributed by atoms with Crippen molar-refractivity contribution in [1.82, 2.24) is 5.43 Å². The molecule has 0 aromatic heterocycles. The highest BCUT2D eigenvalue weighted by molar-refractivity contribution is 5.71. The van der Waals surface area contributed by atoms with E-state index in [4.69, 9.17) is 0 Å². The summed E-state index contributed by atoms with van der Waals surface area (Å²) in [5, 5.41) is 0. The molecule has 3 N–H and O–H groups in total. The van der Waals surface area contributed by atoms with Gasteiger partial charge in [-0.15, -0.1) is 0 Å². The minimum atomic E-state index is -0.218. The van der Waals surface area contributed by atoms with Gasteiger partial charge < -0.3 is 0 Å². The van der Waals surface area contributed by atoms with Crippen LogP contribution in [0.25, 0.3) is 0 Å². The van der Waals surface area contributed by atoms with Gasteiger partial charge in [0.25, 0.3) is 0 Å². The second kappa shape index (κ2) is 6.30. The molecule has 0 fully saturated rings. The fraction of sp³-hybridized carbons (Fsp3) is 0.125. The summed E-state index contributed by atoms with van der Waals surface area (Å²) in [5.74, 6) is 4.18. The molecule has 1 aromatic rings. The van der Waals surface area contributed by atoms with E-state index >= 15 is 0 Å². The molecule has 0 saturated heterocycles. The van der Waals surface area contributed by atoms with Gasteiger partial charge in [-0.2, -0.15) is 0 Å². The smallest absolute Gasteiger partial charge is 0.230 e.